The first-order valence-electron chi connectivity index (χ1n) is 8.38. The molecule has 132 valence electrons. The minimum Gasteiger partial charge on any atom is -0.335 e. The molecule has 1 aliphatic heterocycles. The number of nitrogens with zero attached hydrogens (tertiary/aromatic N) is 1. The molecule has 1 aliphatic carbocycles. The van der Waals surface area contributed by atoms with Crippen LogP contribution >= 0.6 is 11.3 Å². The van der Waals surface area contributed by atoms with Gasteiger partial charge in [0.2, 0.25) is 10.0 Å². The van der Waals surface area contributed by atoms with Crippen LogP contribution in [-0.2, 0) is 10.0 Å². The lowest BCUT2D eigenvalue weighted by molar-refractivity contribution is 0.0690. The number of amides is 1. The number of thiophene rings is 1. The molecule has 2 fully saturated rings. The van der Waals surface area contributed by atoms with E-state index in [9.17, 15) is 13.2 Å². The van der Waals surface area contributed by atoms with Crippen LogP contribution in [0.5, 0.6) is 0 Å². The van der Waals surface area contributed by atoms with Crippen LogP contribution in [0, 0.1) is 12.8 Å². The summed E-state index contributed by atoms with van der Waals surface area (Å²) in [4.78, 5) is 14.7. The molecule has 1 aromatic carbocycles. The van der Waals surface area contributed by atoms with Crippen molar-refractivity contribution in [2.75, 3.05) is 6.54 Å². The smallest absolute Gasteiger partial charge is 0.254 e. The third kappa shape index (κ3) is 3.01. The summed E-state index contributed by atoms with van der Waals surface area (Å²) in [6.45, 7) is 2.56. The van der Waals surface area contributed by atoms with Gasteiger partial charge in [0.1, 0.15) is 4.21 Å². The number of hydrogen-bond acceptors (Lipinski definition) is 4. The van der Waals surface area contributed by atoms with Crippen LogP contribution < -0.4 is 4.72 Å². The fourth-order valence-corrected chi connectivity index (χ4v) is 6.32. The Morgan fingerprint density at radius 2 is 2.00 bits per heavy atom. The van der Waals surface area contributed by atoms with Crippen molar-refractivity contribution in [3.05, 3.63) is 52.9 Å². The van der Waals surface area contributed by atoms with Gasteiger partial charge >= 0.3 is 0 Å². The summed E-state index contributed by atoms with van der Waals surface area (Å²) in [6, 6.07) is 11.0. The molecule has 3 atom stereocenters. The second kappa shape index (κ2) is 6.23. The number of rotatable bonds is 4. The van der Waals surface area contributed by atoms with Gasteiger partial charge in [0.25, 0.3) is 5.91 Å². The van der Waals surface area contributed by atoms with E-state index >= 15 is 0 Å². The standard InChI is InChI=1S/C18H20N2O3S2/c1-12-5-2-3-6-15(12)18(21)20-11-13-9-14(20)10-16(13)19-25(22,23)17-7-4-8-24-17/h2-8,13-14,16,19H,9-11H2,1H3/t13-,14-,16-/m0/s1. The van der Waals surface area contributed by atoms with Crippen LogP contribution in [-0.4, -0.2) is 37.9 Å². The highest BCUT2D eigenvalue weighted by molar-refractivity contribution is 7.91. The Hall–Kier alpha value is -1.70. The second-order valence-corrected chi connectivity index (χ2v) is 9.71. The Bertz CT molecular complexity index is 893. The van der Waals surface area contributed by atoms with Crippen molar-refractivity contribution in [3.8, 4) is 0 Å². The van der Waals surface area contributed by atoms with Gasteiger partial charge in [-0.15, -0.1) is 11.3 Å². The van der Waals surface area contributed by atoms with Gasteiger partial charge in [0, 0.05) is 24.2 Å². The average molecular weight is 377 g/mol. The number of aryl methyl sites for hydroxylation is 1. The van der Waals surface area contributed by atoms with Crippen molar-refractivity contribution >= 4 is 27.3 Å². The second-order valence-electron chi connectivity index (χ2n) is 6.82. The molecule has 1 saturated carbocycles. The Morgan fingerprint density at radius 1 is 1.20 bits per heavy atom. The van der Waals surface area contributed by atoms with Crippen molar-refractivity contribution in [1.29, 1.82) is 0 Å². The van der Waals surface area contributed by atoms with E-state index in [1.165, 1.54) is 11.3 Å². The number of fused-ring (bicyclic) bond motifs is 2. The summed E-state index contributed by atoms with van der Waals surface area (Å²) in [5.41, 5.74) is 1.72. The third-order valence-electron chi connectivity index (χ3n) is 5.24. The Labute approximate surface area is 151 Å². The monoisotopic (exact) mass is 376 g/mol. The number of likely N-dealkylation sites (tertiary alicyclic amines) is 1. The molecule has 1 amide bonds. The molecule has 2 heterocycles. The Kier molecular flexibility index (Phi) is 4.17. The quantitative estimate of drug-likeness (QED) is 0.892. The fraction of sp³-hybridized carbons (Fsp3) is 0.389. The molecule has 0 radical (unpaired) electrons. The number of sulfonamides is 1. The van der Waals surface area contributed by atoms with Crippen LogP contribution in [0.2, 0.25) is 0 Å². The Balaban J connectivity index is 1.46. The van der Waals surface area contributed by atoms with Crippen LogP contribution in [0.1, 0.15) is 28.8 Å². The molecule has 2 aromatic rings. The highest BCUT2D eigenvalue weighted by atomic mass is 32.2. The van der Waals surface area contributed by atoms with E-state index < -0.39 is 10.0 Å². The van der Waals surface area contributed by atoms with Gasteiger partial charge in [-0.3, -0.25) is 4.79 Å². The van der Waals surface area contributed by atoms with E-state index in [2.05, 4.69) is 4.72 Å². The maximum atomic E-state index is 12.8. The van der Waals surface area contributed by atoms with Crippen molar-refractivity contribution in [1.82, 2.24) is 9.62 Å². The van der Waals surface area contributed by atoms with E-state index in [0.29, 0.717) is 17.2 Å². The molecule has 5 nitrogen and oxygen atoms in total. The topological polar surface area (TPSA) is 66.5 Å². The minimum absolute atomic E-state index is 0.0603. The molecule has 2 aliphatic rings. The zero-order valence-corrected chi connectivity index (χ0v) is 15.5. The number of piperidine rings is 1. The number of hydrogen-bond donors (Lipinski definition) is 1. The number of benzene rings is 1. The largest absolute Gasteiger partial charge is 0.335 e. The van der Waals surface area contributed by atoms with Crippen molar-refractivity contribution in [3.63, 3.8) is 0 Å². The summed E-state index contributed by atoms with van der Waals surface area (Å²) >= 11 is 1.22. The molecule has 1 saturated heterocycles. The normalized spacial score (nSPS) is 25.5. The van der Waals surface area contributed by atoms with Gasteiger partial charge in [-0.05, 0) is 48.8 Å². The number of carbonyl (C=O) groups excluding carboxylic acids is 1. The highest BCUT2D eigenvalue weighted by Gasteiger charge is 2.47. The van der Waals surface area contributed by atoms with Crippen LogP contribution in [0.25, 0.3) is 0 Å². The lowest BCUT2D eigenvalue weighted by atomic mass is 10.0. The van der Waals surface area contributed by atoms with E-state index in [1.54, 1.807) is 17.5 Å². The molecule has 2 bridgehead atoms. The van der Waals surface area contributed by atoms with Gasteiger partial charge in [0.15, 0.2) is 0 Å². The molecule has 0 unspecified atom stereocenters. The third-order valence-corrected chi connectivity index (χ3v) is 8.13. The summed E-state index contributed by atoms with van der Waals surface area (Å²) in [6.07, 6.45) is 1.56. The minimum atomic E-state index is -3.45. The SMILES string of the molecule is Cc1ccccc1C(=O)N1C[C@@H]2C[C@H]1C[C@@H]2NS(=O)(=O)c1cccs1. The molecule has 4 rings (SSSR count). The van der Waals surface area contributed by atoms with E-state index in [0.717, 1.165) is 17.5 Å². The molecular weight excluding hydrogens is 356 g/mol. The van der Waals surface area contributed by atoms with Crippen LogP contribution in [0.15, 0.2) is 46.0 Å². The predicted molar refractivity (Wildman–Crippen MR) is 97.2 cm³/mol. The van der Waals surface area contributed by atoms with E-state index in [4.69, 9.17) is 0 Å². The molecule has 25 heavy (non-hydrogen) atoms. The summed E-state index contributed by atoms with van der Waals surface area (Å²) < 4.78 is 28.0. The summed E-state index contributed by atoms with van der Waals surface area (Å²) in [7, 11) is -3.45. The van der Waals surface area contributed by atoms with Gasteiger partial charge in [0.05, 0.1) is 0 Å². The zero-order chi connectivity index (χ0) is 17.6. The zero-order valence-electron chi connectivity index (χ0n) is 13.9. The lowest BCUT2D eigenvalue weighted by Gasteiger charge is -2.32. The fourth-order valence-electron chi connectivity index (χ4n) is 3.99. The highest BCUT2D eigenvalue weighted by Crippen LogP contribution is 2.39. The van der Waals surface area contributed by atoms with Crippen molar-refractivity contribution < 1.29 is 13.2 Å². The van der Waals surface area contributed by atoms with E-state index in [-0.39, 0.29) is 23.9 Å². The van der Waals surface area contributed by atoms with Crippen LogP contribution in [0.3, 0.4) is 0 Å². The summed E-state index contributed by atoms with van der Waals surface area (Å²) in [5.74, 6) is 0.248. The van der Waals surface area contributed by atoms with Gasteiger partial charge in [-0.25, -0.2) is 13.1 Å². The first-order valence-corrected chi connectivity index (χ1v) is 10.7. The molecule has 0 spiro atoms. The maximum absolute atomic E-state index is 12.8. The van der Waals surface area contributed by atoms with Crippen molar-refractivity contribution in [2.45, 2.75) is 36.1 Å². The predicted octanol–water partition coefficient (Wildman–Crippen LogP) is 2.64. The molecule has 1 N–H and O–H groups in total. The van der Waals surface area contributed by atoms with Crippen molar-refractivity contribution in [2.24, 2.45) is 5.92 Å². The lowest BCUT2D eigenvalue weighted by Crippen LogP contribution is -2.47. The Morgan fingerprint density at radius 3 is 2.64 bits per heavy atom. The molecule has 7 heteroatoms. The molecule has 1 aromatic heterocycles. The first-order chi connectivity index (χ1) is 12.0. The first kappa shape index (κ1) is 16.8. The number of carbonyl (C=O) groups is 1. The van der Waals surface area contributed by atoms with Gasteiger partial charge < -0.3 is 4.90 Å². The maximum Gasteiger partial charge on any atom is 0.254 e. The van der Waals surface area contributed by atoms with Crippen LogP contribution in [0.4, 0.5) is 0 Å². The van der Waals surface area contributed by atoms with Gasteiger partial charge in [-0.2, -0.15) is 0 Å². The molecular formula is C18H20N2O3S2. The number of nitrogens with one attached hydrogen (secondary N) is 1. The summed E-state index contributed by atoms with van der Waals surface area (Å²) in [5, 5.41) is 1.76. The van der Waals surface area contributed by atoms with E-state index in [1.807, 2.05) is 36.1 Å². The van der Waals surface area contributed by atoms with Gasteiger partial charge in [-0.1, -0.05) is 24.3 Å². The average Bonchev–Trinajstić information content (AvgIpc) is 3.31.